The van der Waals surface area contributed by atoms with Crippen LogP contribution in [0.25, 0.3) is 10.8 Å². The Morgan fingerprint density at radius 3 is 2.43 bits per heavy atom. The maximum atomic E-state index is 12.7. The first-order chi connectivity index (χ1) is 13.5. The Balaban J connectivity index is 1.46. The molecule has 2 aromatic heterocycles. The van der Waals surface area contributed by atoms with Gasteiger partial charge in [-0.2, -0.15) is 0 Å². The van der Waals surface area contributed by atoms with E-state index in [9.17, 15) is 14.4 Å². The second-order valence-electron chi connectivity index (χ2n) is 6.58. The van der Waals surface area contributed by atoms with Gasteiger partial charge >= 0.3 is 0 Å². The van der Waals surface area contributed by atoms with Crippen molar-refractivity contribution in [3.8, 4) is 0 Å². The monoisotopic (exact) mass is 443 g/mol. The summed E-state index contributed by atoms with van der Waals surface area (Å²) in [5, 5.41) is 3.14. The molecule has 3 aromatic rings. The highest BCUT2D eigenvalue weighted by Gasteiger charge is 2.22. The molecule has 0 aliphatic carbocycles. The maximum absolute atomic E-state index is 12.7. The fraction of sp³-hybridized carbons (Fsp3) is 0.263. The average Bonchev–Trinajstić information content (AvgIpc) is 2.72. The fourth-order valence-corrected chi connectivity index (χ4v) is 3.57. The highest BCUT2D eigenvalue weighted by atomic mass is 79.9. The molecular formula is C19H18BrN5O3. The molecule has 0 radical (unpaired) electrons. The number of pyridine rings is 1. The number of piperazine rings is 1. The topological polar surface area (TPSA) is 91.3 Å². The van der Waals surface area contributed by atoms with Gasteiger partial charge in [0.15, 0.2) is 0 Å². The van der Waals surface area contributed by atoms with Crippen LogP contribution >= 0.6 is 15.9 Å². The van der Waals surface area contributed by atoms with Crippen LogP contribution in [0.1, 0.15) is 0 Å². The summed E-state index contributed by atoms with van der Waals surface area (Å²) in [7, 11) is 0. The van der Waals surface area contributed by atoms with Crippen LogP contribution in [-0.2, 0) is 11.3 Å². The number of halogens is 1. The van der Waals surface area contributed by atoms with Gasteiger partial charge < -0.3 is 9.80 Å². The third kappa shape index (κ3) is 3.57. The van der Waals surface area contributed by atoms with E-state index in [0.717, 1.165) is 15.0 Å². The zero-order valence-electron chi connectivity index (χ0n) is 15.0. The van der Waals surface area contributed by atoms with Gasteiger partial charge in [0.25, 0.3) is 11.1 Å². The predicted molar refractivity (Wildman–Crippen MR) is 110 cm³/mol. The summed E-state index contributed by atoms with van der Waals surface area (Å²) in [6, 6.07) is 10.5. The van der Waals surface area contributed by atoms with Gasteiger partial charge in [0.2, 0.25) is 5.91 Å². The van der Waals surface area contributed by atoms with Crippen LogP contribution in [-0.4, -0.2) is 51.8 Å². The van der Waals surface area contributed by atoms with Crippen molar-refractivity contribution in [2.24, 2.45) is 0 Å². The van der Waals surface area contributed by atoms with Crippen molar-refractivity contribution in [1.82, 2.24) is 19.7 Å². The van der Waals surface area contributed by atoms with Crippen molar-refractivity contribution in [2.75, 3.05) is 31.1 Å². The summed E-state index contributed by atoms with van der Waals surface area (Å²) in [5.41, 5.74) is -0.754. The summed E-state index contributed by atoms with van der Waals surface area (Å²) < 4.78 is 2.01. The minimum atomic E-state index is -0.380. The molecule has 1 aromatic carbocycles. The van der Waals surface area contributed by atoms with Crippen LogP contribution in [0.15, 0.2) is 56.7 Å². The van der Waals surface area contributed by atoms with Gasteiger partial charge in [-0.3, -0.25) is 19.5 Å². The number of hydrogen-bond acceptors (Lipinski definition) is 5. The highest BCUT2D eigenvalue weighted by Crippen LogP contribution is 2.16. The molecule has 1 N–H and O–H groups in total. The molecule has 28 heavy (non-hydrogen) atoms. The lowest BCUT2D eigenvalue weighted by molar-refractivity contribution is -0.132. The van der Waals surface area contributed by atoms with Crippen molar-refractivity contribution < 1.29 is 4.79 Å². The van der Waals surface area contributed by atoms with E-state index in [1.165, 1.54) is 0 Å². The molecule has 8 nitrogen and oxygen atoms in total. The quantitative estimate of drug-likeness (QED) is 0.656. The number of benzene rings is 1. The van der Waals surface area contributed by atoms with Gasteiger partial charge in [-0.05, 0) is 40.2 Å². The molecular weight excluding hydrogens is 426 g/mol. The number of anilines is 1. The molecule has 0 saturated carbocycles. The number of H-pyrrole nitrogens is 1. The van der Waals surface area contributed by atoms with E-state index < -0.39 is 0 Å². The number of fused-ring (bicyclic) bond motifs is 1. The zero-order chi connectivity index (χ0) is 19.7. The van der Waals surface area contributed by atoms with E-state index in [4.69, 9.17) is 0 Å². The van der Waals surface area contributed by atoms with Crippen LogP contribution < -0.4 is 16.0 Å². The lowest BCUT2D eigenvalue weighted by atomic mass is 10.2. The third-order valence-corrected chi connectivity index (χ3v) is 5.31. The molecule has 1 fully saturated rings. The van der Waals surface area contributed by atoms with E-state index in [-0.39, 0.29) is 23.6 Å². The van der Waals surface area contributed by atoms with Crippen LogP contribution in [0.3, 0.4) is 0 Å². The van der Waals surface area contributed by atoms with Crippen molar-refractivity contribution in [3.63, 3.8) is 0 Å². The number of aromatic amines is 1. The second kappa shape index (κ2) is 7.59. The minimum Gasteiger partial charge on any atom is -0.353 e. The first-order valence-corrected chi connectivity index (χ1v) is 9.68. The summed E-state index contributed by atoms with van der Waals surface area (Å²) in [4.78, 5) is 45.6. The van der Waals surface area contributed by atoms with E-state index >= 15 is 0 Å². The molecule has 3 heterocycles. The number of nitrogens with one attached hydrogen (secondary N) is 1. The maximum Gasteiger partial charge on any atom is 0.273 e. The molecule has 0 atom stereocenters. The first kappa shape index (κ1) is 18.4. The minimum absolute atomic E-state index is 0.185. The van der Waals surface area contributed by atoms with Crippen molar-refractivity contribution >= 4 is 38.4 Å². The largest absolute Gasteiger partial charge is 0.353 e. The van der Waals surface area contributed by atoms with Crippen LogP contribution in [0.4, 0.5) is 5.82 Å². The van der Waals surface area contributed by atoms with E-state index in [2.05, 4.69) is 30.9 Å². The van der Waals surface area contributed by atoms with Crippen molar-refractivity contribution in [3.05, 3.63) is 67.8 Å². The van der Waals surface area contributed by atoms with Crippen molar-refractivity contribution in [1.29, 1.82) is 0 Å². The summed E-state index contributed by atoms with van der Waals surface area (Å²) in [6.07, 6.45) is 1.75. The summed E-state index contributed by atoms with van der Waals surface area (Å²) >= 11 is 3.37. The van der Waals surface area contributed by atoms with Crippen LogP contribution in [0, 0.1) is 0 Å². The predicted octanol–water partition coefficient (Wildman–Crippen LogP) is 1.20. The zero-order valence-corrected chi connectivity index (χ0v) is 16.6. The van der Waals surface area contributed by atoms with Crippen LogP contribution in [0.5, 0.6) is 0 Å². The highest BCUT2D eigenvalue weighted by molar-refractivity contribution is 9.10. The van der Waals surface area contributed by atoms with Gasteiger partial charge in [-0.25, -0.2) is 9.67 Å². The molecule has 1 saturated heterocycles. The lowest BCUT2D eigenvalue weighted by Crippen LogP contribution is -2.50. The number of carbonyl (C=O) groups is 1. The smallest absolute Gasteiger partial charge is 0.273 e. The molecule has 1 aliphatic heterocycles. The number of hydrogen-bond donors (Lipinski definition) is 1. The second-order valence-corrected chi connectivity index (χ2v) is 7.50. The Morgan fingerprint density at radius 2 is 1.75 bits per heavy atom. The fourth-order valence-electron chi connectivity index (χ4n) is 3.33. The van der Waals surface area contributed by atoms with Crippen molar-refractivity contribution in [2.45, 2.75) is 6.54 Å². The molecule has 1 amide bonds. The first-order valence-electron chi connectivity index (χ1n) is 8.89. The number of amides is 1. The Hall–Kier alpha value is -2.94. The number of rotatable bonds is 3. The Bertz CT molecular complexity index is 1130. The molecule has 0 unspecified atom stereocenters. The molecule has 9 heteroatoms. The normalized spacial score (nSPS) is 14.5. The van der Waals surface area contributed by atoms with E-state index in [0.29, 0.717) is 37.0 Å². The molecule has 144 valence electrons. The molecule has 1 aliphatic rings. The molecule has 4 rings (SSSR count). The third-order valence-electron chi connectivity index (χ3n) is 4.85. The van der Waals surface area contributed by atoms with Crippen LogP contribution in [0.2, 0.25) is 0 Å². The molecule has 0 bridgehead atoms. The average molecular weight is 444 g/mol. The Kier molecular flexibility index (Phi) is 4.99. The summed E-state index contributed by atoms with van der Waals surface area (Å²) in [6.45, 7) is 2.19. The standard InChI is InChI=1S/C19H18BrN5O3/c20-13-5-6-16(21-11-13)23-7-9-24(10-8-23)17(26)12-25-19(28)15-4-2-1-3-14(15)18(27)22-25/h1-6,11H,7-10,12H2,(H,22,27). The molecule has 0 spiro atoms. The van der Waals surface area contributed by atoms with E-state index in [1.807, 2.05) is 12.1 Å². The van der Waals surface area contributed by atoms with E-state index in [1.54, 1.807) is 35.4 Å². The lowest BCUT2D eigenvalue weighted by Gasteiger charge is -2.35. The van der Waals surface area contributed by atoms with Gasteiger partial charge in [-0.1, -0.05) is 12.1 Å². The Labute approximate surface area is 168 Å². The Morgan fingerprint density at radius 1 is 1.04 bits per heavy atom. The summed E-state index contributed by atoms with van der Waals surface area (Å²) in [5.74, 6) is 0.668. The van der Waals surface area contributed by atoms with Gasteiger partial charge in [0.05, 0.1) is 10.8 Å². The van der Waals surface area contributed by atoms with Gasteiger partial charge in [0, 0.05) is 36.8 Å². The van der Waals surface area contributed by atoms with Gasteiger partial charge in [0.1, 0.15) is 12.4 Å². The van der Waals surface area contributed by atoms with Gasteiger partial charge in [-0.15, -0.1) is 0 Å². The SMILES string of the molecule is O=C(Cn1[nH]c(=O)c2ccccc2c1=O)N1CCN(c2ccc(Br)cn2)CC1. The number of carbonyl (C=O) groups excluding carboxylic acids is 1. The number of aromatic nitrogens is 3. The number of nitrogens with zero attached hydrogens (tertiary/aromatic N) is 4.